The number of amides is 1. The van der Waals surface area contributed by atoms with Crippen molar-refractivity contribution < 1.29 is 14.3 Å². The van der Waals surface area contributed by atoms with Crippen molar-refractivity contribution in [3.63, 3.8) is 0 Å². The third-order valence-corrected chi connectivity index (χ3v) is 5.63. The smallest absolute Gasteiger partial charge is 0.260 e. The Kier molecular flexibility index (Phi) is 6.36. The number of ether oxygens (including phenoxy) is 2. The van der Waals surface area contributed by atoms with Gasteiger partial charge in [-0.25, -0.2) is 0 Å². The molecule has 0 bridgehead atoms. The first-order valence-electron chi connectivity index (χ1n) is 10.2. The highest BCUT2D eigenvalue weighted by atomic mass is 16.5. The van der Waals surface area contributed by atoms with Crippen LogP contribution in [0.25, 0.3) is 0 Å². The molecule has 1 N–H and O–H groups in total. The minimum Gasteiger partial charge on any atom is -0.484 e. The third-order valence-electron chi connectivity index (χ3n) is 5.63. The van der Waals surface area contributed by atoms with E-state index >= 15 is 0 Å². The number of morpholine rings is 1. The Morgan fingerprint density at radius 3 is 2.76 bits per heavy atom. The second kappa shape index (κ2) is 9.32. The maximum absolute atomic E-state index is 12.3. The fourth-order valence-electron chi connectivity index (χ4n) is 3.75. The number of hydrogen-bond donors (Lipinski definition) is 1. The molecular weight excluding hydrogens is 372 g/mol. The molecule has 156 valence electrons. The first kappa shape index (κ1) is 19.8. The summed E-state index contributed by atoms with van der Waals surface area (Å²) in [5.41, 5.74) is 1.18. The lowest BCUT2D eigenvalue weighted by Gasteiger charge is -2.31. The van der Waals surface area contributed by atoms with Crippen molar-refractivity contribution in [1.82, 2.24) is 30.4 Å². The number of aromatic nitrogens is 4. The van der Waals surface area contributed by atoms with Crippen molar-refractivity contribution >= 4 is 5.91 Å². The molecule has 0 saturated carbocycles. The van der Waals surface area contributed by atoms with Gasteiger partial charge in [0.25, 0.3) is 5.91 Å². The van der Waals surface area contributed by atoms with Gasteiger partial charge < -0.3 is 14.4 Å². The standard InChI is InChI=1S/C20H28N6O3/c1-15-6-8-26(9-7-15)19(27)14-29-17-4-2-16(3-5-17)12-25-10-11-28-18(13-25)20-21-23-24-22-20/h2-5,15,18H,6-14H2,1H3,(H,21,22,23,24). The molecule has 3 heterocycles. The van der Waals surface area contributed by atoms with E-state index in [4.69, 9.17) is 9.47 Å². The number of rotatable bonds is 6. The summed E-state index contributed by atoms with van der Waals surface area (Å²) in [7, 11) is 0. The monoisotopic (exact) mass is 400 g/mol. The van der Waals surface area contributed by atoms with Gasteiger partial charge in [0.1, 0.15) is 11.9 Å². The Morgan fingerprint density at radius 1 is 1.24 bits per heavy atom. The van der Waals surface area contributed by atoms with Crippen LogP contribution in [0.5, 0.6) is 5.75 Å². The number of hydrogen-bond acceptors (Lipinski definition) is 7. The molecule has 0 aliphatic carbocycles. The van der Waals surface area contributed by atoms with Gasteiger partial charge in [0.15, 0.2) is 6.61 Å². The van der Waals surface area contributed by atoms with E-state index < -0.39 is 0 Å². The maximum Gasteiger partial charge on any atom is 0.260 e. The maximum atomic E-state index is 12.3. The van der Waals surface area contributed by atoms with Gasteiger partial charge >= 0.3 is 0 Å². The van der Waals surface area contributed by atoms with E-state index in [1.54, 1.807) is 0 Å². The summed E-state index contributed by atoms with van der Waals surface area (Å²) < 4.78 is 11.4. The van der Waals surface area contributed by atoms with E-state index in [-0.39, 0.29) is 18.6 Å². The first-order valence-corrected chi connectivity index (χ1v) is 10.2. The molecular formula is C20H28N6O3. The normalized spacial score (nSPS) is 21.3. The number of aromatic amines is 1. The van der Waals surface area contributed by atoms with E-state index in [0.717, 1.165) is 51.3 Å². The molecule has 1 aromatic heterocycles. The molecule has 0 radical (unpaired) electrons. The first-order chi connectivity index (χ1) is 14.2. The number of tetrazole rings is 1. The molecule has 1 aromatic carbocycles. The molecule has 1 atom stereocenters. The Labute approximate surface area is 170 Å². The van der Waals surface area contributed by atoms with Gasteiger partial charge in [0, 0.05) is 32.7 Å². The van der Waals surface area contributed by atoms with Crippen LogP contribution in [0.4, 0.5) is 0 Å². The lowest BCUT2D eigenvalue weighted by atomic mass is 9.99. The average molecular weight is 400 g/mol. The highest BCUT2D eigenvalue weighted by molar-refractivity contribution is 5.77. The van der Waals surface area contributed by atoms with Gasteiger partial charge in [-0.2, -0.15) is 5.21 Å². The second-order valence-electron chi connectivity index (χ2n) is 7.86. The Morgan fingerprint density at radius 2 is 2.03 bits per heavy atom. The molecule has 9 nitrogen and oxygen atoms in total. The molecule has 2 fully saturated rings. The van der Waals surface area contributed by atoms with Crippen molar-refractivity contribution in [3.8, 4) is 5.75 Å². The van der Waals surface area contributed by atoms with Crippen molar-refractivity contribution in [2.24, 2.45) is 5.92 Å². The Hall–Kier alpha value is -2.52. The van der Waals surface area contributed by atoms with E-state index in [0.29, 0.717) is 18.3 Å². The summed E-state index contributed by atoms with van der Waals surface area (Å²) in [6.45, 7) is 7.04. The quantitative estimate of drug-likeness (QED) is 0.783. The predicted molar refractivity (Wildman–Crippen MR) is 105 cm³/mol. The molecule has 2 aliphatic rings. The van der Waals surface area contributed by atoms with Crippen LogP contribution in [0.3, 0.4) is 0 Å². The molecule has 1 amide bonds. The zero-order chi connectivity index (χ0) is 20.1. The van der Waals surface area contributed by atoms with Crippen LogP contribution in [0.15, 0.2) is 24.3 Å². The molecule has 2 saturated heterocycles. The summed E-state index contributed by atoms with van der Waals surface area (Å²) in [5.74, 6) is 2.09. The van der Waals surface area contributed by atoms with Crippen LogP contribution in [-0.4, -0.2) is 75.7 Å². The summed E-state index contributed by atoms with van der Waals surface area (Å²) in [5, 5.41) is 14.1. The van der Waals surface area contributed by atoms with E-state index in [2.05, 4.69) is 32.4 Å². The van der Waals surface area contributed by atoms with E-state index in [1.165, 1.54) is 5.56 Å². The van der Waals surface area contributed by atoms with Crippen LogP contribution in [0, 0.1) is 5.92 Å². The van der Waals surface area contributed by atoms with Crippen molar-refractivity contribution in [2.75, 3.05) is 39.4 Å². The number of H-pyrrole nitrogens is 1. The lowest BCUT2D eigenvalue weighted by molar-refractivity contribution is -0.134. The van der Waals surface area contributed by atoms with Crippen molar-refractivity contribution in [1.29, 1.82) is 0 Å². The van der Waals surface area contributed by atoms with Crippen LogP contribution < -0.4 is 4.74 Å². The number of likely N-dealkylation sites (tertiary alicyclic amines) is 1. The number of nitrogens with one attached hydrogen (secondary N) is 1. The SMILES string of the molecule is CC1CCN(C(=O)COc2ccc(CN3CCOC(c4nn[nH]n4)C3)cc2)CC1. The van der Waals surface area contributed by atoms with Crippen LogP contribution in [-0.2, 0) is 16.1 Å². The van der Waals surface area contributed by atoms with Gasteiger partial charge in [0.2, 0.25) is 5.82 Å². The lowest BCUT2D eigenvalue weighted by Crippen LogP contribution is -2.40. The fourth-order valence-corrected chi connectivity index (χ4v) is 3.75. The molecule has 2 aliphatic heterocycles. The van der Waals surface area contributed by atoms with Crippen LogP contribution in [0.2, 0.25) is 0 Å². The summed E-state index contributed by atoms with van der Waals surface area (Å²) >= 11 is 0. The fraction of sp³-hybridized carbons (Fsp3) is 0.600. The minimum atomic E-state index is -0.158. The van der Waals surface area contributed by atoms with Gasteiger partial charge in [-0.1, -0.05) is 24.3 Å². The predicted octanol–water partition coefficient (Wildman–Crippen LogP) is 1.41. The van der Waals surface area contributed by atoms with Gasteiger partial charge in [-0.15, -0.1) is 10.2 Å². The van der Waals surface area contributed by atoms with Gasteiger partial charge in [-0.05, 0) is 36.5 Å². The summed E-state index contributed by atoms with van der Waals surface area (Å²) in [6.07, 6.45) is 2.00. The van der Waals surface area contributed by atoms with Crippen molar-refractivity contribution in [3.05, 3.63) is 35.7 Å². The number of benzene rings is 1. The van der Waals surface area contributed by atoms with E-state index in [1.807, 2.05) is 29.2 Å². The zero-order valence-electron chi connectivity index (χ0n) is 16.8. The Bertz CT molecular complexity index is 774. The average Bonchev–Trinajstić information content (AvgIpc) is 3.29. The highest BCUT2D eigenvalue weighted by Crippen LogP contribution is 2.21. The van der Waals surface area contributed by atoms with E-state index in [9.17, 15) is 4.79 Å². The molecule has 2 aromatic rings. The van der Waals surface area contributed by atoms with Gasteiger partial charge in [0.05, 0.1) is 6.61 Å². The van der Waals surface area contributed by atoms with Gasteiger partial charge in [-0.3, -0.25) is 9.69 Å². The topological polar surface area (TPSA) is 96.5 Å². The highest BCUT2D eigenvalue weighted by Gasteiger charge is 2.25. The molecule has 29 heavy (non-hydrogen) atoms. The Balaban J connectivity index is 1.24. The molecule has 1 unspecified atom stereocenters. The number of carbonyl (C=O) groups excluding carboxylic acids is 1. The van der Waals surface area contributed by atoms with Crippen LogP contribution >= 0.6 is 0 Å². The summed E-state index contributed by atoms with van der Waals surface area (Å²) in [6, 6.07) is 7.94. The number of piperidine rings is 1. The minimum absolute atomic E-state index is 0.0711. The molecule has 4 rings (SSSR count). The largest absolute Gasteiger partial charge is 0.484 e. The number of nitrogens with zero attached hydrogens (tertiary/aromatic N) is 5. The summed E-state index contributed by atoms with van der Waals surface area (Å²) in [4.78, 5) is 16.5. The third kappa shape index (κ3) is 5.30. The second-order valence-corrected chi connectivity index (χ2v) is 7.86. The molecule has 0 spiro atoms. The zero-order valence-corrected chi connectivity index (χ0v) is 16.8. The molecule has 9 heteroatoms. The van der Waals surface area contributed by atoms with Crippen LogP contribution in [0.1, 0.15) is 37.3 Å². The number of carbonyl (C=O) groups is 1. The van der Waals surface area contributed by atoms with Crippen molar-refractivity contribution in [2.45, 2.75) is 32.4 Å².